The summed E-state index contributed by atoms with van der Waals surface area (Å²) in [7, 11) is 0. The highest BCUT2D eigenvalue weighted by molar-refractivity contribution is 5.26. The Morgan fingerprint density at radius 3 is 2.47 bits per heavy atom. The molecule has 0 heterocycles. The molecule has 0 saturated carbocycles. The van der Waals surface area contributed by atoms with Crippen molar-refractivity contribution in [2.24, 2.45) is 17.2 Å². The predicted octanol–water partition coefficient (Wildman–Crippen LogP) is 4.10. The van der Waals surface area contributed by atoms with E-state index >= 15 is 0 Å². The van der Waals surface area contributed by atoms with Gasteiger partial charge in [-0.25, -0.2) is 4.39 Å². The SMILES string of the molecule is Cc1ccc(F)c(C(CC(C)CC(C)(C)C)NN)c1. The third-order valence-electron chi connectivity index (χ3n) is 3.33. The van der Waals surface area contributed by atoms with Crippen LogP contribution in [0.1, 0.15) is 57.7 Å². The first kappa shape index (κ1) is 16.1. The van der Waals surface area contributed by atoms with Crippen molar-refractivity contribution >= 4 is 0 Å². The molecule has 2 atom stereocenters. The van der Waals surface area contributed by atoms with Crippen molar-refractivity contribution in [1.29, 1.82) is 0 Å². The maximum absolute atomic E-state index is 13.9. The highest BCUT2D eigenvalue weighted by Gasteiger charge is 2.21. The number of rotatable bonds is 5. The van der Waals surface area contributed by atoms with Crippen LogP contribution in [-0.2, 0) is 0 Å². The molecule has 0 fully saturated rings. The predicted molar refractivity (Wildman–Crippen MR) is 79.1 cm³/mol. The van der Waals surface area contributed by atoms with E-state index in [4.69, 9.17) is 5.84 Å². The van der Waals surface area contributed by atoms with Gasteiger partial charge in [-0.15, -0.1) is 0 Å². The highest BCUT2D eigenvalue weighted by atomic mass is 19.1. The number of benzene rings is 1. The standard InChI is InChI=1S/C16H27FN2/c1-11-6-7-14(17)13(8-11)15(19-18)9-12(2)10-16(3,4)5/h6-8,12,15,19H,9-10,18H2,1-5H3. The van der Waals surface area contributed by atoms with Gasteiger partial charge in [0, 0.05) is 11.6 Å². The van der Waals surface area contributed by atoms with E-state index in [1.165, 1.54) is 6.07 Å². The molecule has 3 heteroatoms. The Balaban J connectivity index is 2.80. The maximum Gasteiger partial charge on any atom is 0.128 e. The first-order valence-corrected chi connectivity index (χ1v) is 6.95. The molecule has 2 nitrogen and oxygen atoms in total. The van der Waals surface area contributed by atoms with Crippen LogP contribution in [0.15, 0.2) is 18.2 Å². The van der Waals surface area contributed by atoms with Crippen LogP contribution in [0.25, 0.3) is 0 Å². The smallest absolute Gasteiger partial charge is 0.128 e. The van der Waals surface area contributed by atoms with Crippen LogP contribution in [0.5, 0.6) is 0 Å². The summed E-state index contributed by atoms with van der Waals surface area (Å²) in [6.45, 7) is 10.8. The normalized spacial score (nSPS) is 15.3. The monoisotopic (exact) mass is 266 g/mol. The molecule has 0 aliphatic carbocycles. The topological polar surface area (TPSA) is 38.0 Å². The van der Waals surface area contributed by atoms with E-state index in [1.54, 1.807) is 6.07 Å². The first-order valence-electron chi connectivity index (χ1n) is 6.95. The summed E-state index contributed by atoms with van der Waals surface area (Å²) < 4.78 is 13.9. The average molecular weight is 266 g/mol. The zero-order chi connectivity index (χ0) is 14.6. The molecule has 1 aromatic rings. The third-order valence-corrected chi connectivity index (χ3v) is 3.33. The molecule has 0 saturated heterocycles. The van der Waals surface area contributed by atoms with E-state index in [2.05, 4.69) is 33.1 Å². The molecular formula is C16H27FN2. The summed E-state index contributed by atoms with van der Waals surface area (Å²) in [6.07, 6.45) is 1.94. The molecule has 0 aromatic heterocycles. The number of hydrogen-bond acceptors (Lipinski definition) is 2. The Kier molecular flexibility index (Phi) is 5.50. The second-order valence-corrected chi connectivity index (χ2v) is 6.85. The number of aryl methyl sites for hydroxylation is 1. The van der Waals surface area contributed by atoms with Gasteiger partial charge in [0.25, 0.3) is 0 Å². The summed E-state index contributed by atoms with van der Waals surface area (Å²) in [4.78, 5) is 0. The van der Waals surface area contributed by atoms with Gasteiger partial charge in [-0.1, -0.05) is 45.4 Å². The Hall–Kier alpha value is -0.930. The van der Waals surface area contributed by atoms with Gasteiger partial charge < -0.3 is 0 Å². The maximum atomic E-state index is 13.9. The molecule has 19 heavy (non-hydrogen) atoms. The molecule has 1 rings (SSSR count). The number of nitrogens with two attached hydrogens (primary N) is 1. The van der Waals surface area contributed by atoms with Gasteiger partial charge in [-0.3, -0.25) is 11.3 Å². The van der Waals surface area contributed by atoms with Crippen LogP contribution in [0, 0.1) is 24.1 Å². The molecular weight excluding hydrogens is 239 g/mol. The minimum Gasteiger partial charge on any atom is -0.271 e. The van der Waals surface area contributed by atoms with E-state index in [0.717, 1.165) is 18.4 Å². The molecule has 0 spiro atoms. The van der Waals surface area contributed by atoms with E-state index < -0.39 is 0 Å². The minimum atomic E-state index is -0.184. The molecule has 1 aromatic carbocycles. The van der Waals surface area contributed by atoms with Crippen LogP contribution in [-0.4, -0.2) is 0 Å². The number of hydrogen-bond donors (Lipinski definition) is 2. The molecule has 2 unspecified atom stereocenters. The van der Waals surface area contributed by atoms with Crippen LogP contribution in [0.2, 0.25) is 0 Å². The average Bonchev–Trinajstić information content (AvgIpc) is 2.27. The third kappa shape index (κ3) is 5.29. The van der Waals surface area contributed by atoms with Crippen molar-refractivity contribution in [2.75, 3.05) is 0 Å². The number of nitrogens with one attached hydrogen (secondary N) is 1. The number of halogens is 1. The van der Waals surface area contributed by atoms with Crippen molar-refractivity contribution in [2.45, 2.75) is 53.5 Å². The summed E-state index contributed by atoms with van der Waals surface area (Å²) in [6, 6.07) is 5.05. The van der Waals surface area contributed by atoms with Crippen molar-refractivity contribution in [3.63, 3.8) is 0 Å². The Labute approximate surface area is 116 Å². The molecule has 3 N–H and O–H groups in total. The largest absolute Gasteiger partial charge is 0.271 e. The first-order chi connectivity index (χ1) is 8.73. The summed E-state index contributed by atoms with van der Waals surface area (Å²) in [5, 5.41) is 0. The zero-order valence-electron chi connectivity index (χ0n) is 12.8. The lowest BCUT2D eigenvalue weighted by Gasteiger charge is -2.27. The quantitative estimate of drug-likeness (QED) is 0.622. The minimum absolute atomic E-state index is 0.128. The fourth-order valence-electron chi connectivity index (χ4n) is 2.75. The fraction of sp³-hybridized carbons (Fsp3) is 0.625. The zero-order valence-corrected chi connectivity index (χ0v) is 12.8. The summed E-state index contributed by atoms with van der Waals surface area (Å²) >= 11 is 0. The van der Waals surface area contributed by atoms with Gasteiger partial charge in [0.1, 0.15) is 5.82 Å². The van der Waals surface area contributed by atoms with Crippen molar-refractivity contribution < 1.29 is 4.39 Å². The van der Waals surface area contributed by atoms with Crippen molar-refractivity contribution in [3.05, 3.63) is 35.1 Å². The molecule has 0 aliphatic heterocycles. The second kappa shape index (κ2) is 6.49. The van der Waals surface area contributed by atoms with E-state index in [-0.39, 0.29) is 17.3 Å². The van der Waals surface area contributed by atoms with Crippen LogP contribution >= 0.6 is 0 Å². The molecule has 108 valence electrons. The lowest BCUT2D eigenvalue weighted by molar-refractivity contribution is 0.274. The van der Waals surface area contributed by atoms with Gasteiger partial charge in [0.2, 0.25) is 0 Å². The highest BCUT2D eigenvalue weighted by Crippen LogP contribution is 2.31. The summed E-state index contributed by atoms with van der Waals surface area (Å²) in [5.74, 6) is 5.92. The fourth-order valence-corrected chi connectivity index (χ4v) is 2.75. The van der Waals surface area contributed by atoms with Gasteiger partial charge >= 0.3 is 0 Å². The molecule has 0 radical (unpaired) electrons. The van der Waals surface area contributed by atoms with Gasteiger partial charge in [-0.05, 0) is 37.2 Å². The Morgan fingerprint density at radius 2 is 1.95 bits per heavy atom. The molecule has 0 bridgehead atoms. The van der Waals surface area contributed by atoms with Crippen LogP contribution in [0.3, 0.4) is 0 Å². The summed E-state index contributed by atoms with van der Waals surface area (Å²) in [5.41, 5.74) is 4.77. The van der Waals surface area contributed by atoms with Gasteiger partial charge in [0.15, 0.2) is 0 Å². The molecule has 0 aliphatic rings. The van der Waals surface area contributed by atoms with Gasteiger partial charge in [0.05, 0.1) is 0 Å². The second-order valence-electron chi connectivity index (χ2n) is 6.85. The van der Waals surface area contributed by atoms with Gasteiger partial charge in [-0.2, -0.15) is 0 Å². The lowest BCUT2D eigenvalue weighted by Crippen LogP contribution is -2.30. The number of hydrazine groups is 1. The van der Waals surface area contributed by atoms with E-state index in [9.17, 15) is 4.39 Å². The van der Waals surface area contributed by atoms with E-state index in [0.29, 0.717) is 11.5 Å². The lowest BCUT2D eigenvalue weighted by atomic mass is 9.82. The van der Waals surface area contributed by atoms with Crippen molar-refractivity contribution in [3.8, 4) is 0 Å². The van der Waals surface area contributed by atoms with Crippen molar-refractivity contribution in [1.82, 2.24) is 5.43 Å². The van der Waals surface area contributed by atoms with Crippen LogP contribution in [0.4, 0.5) is 4.39 Å². The van der Waals surface area contributed by atoms with Crippen LogP contribution < -0.4 is 11.3 Å². The van der Waals surface area contributed by atoms with E-state index in [1.807, 2.05) is 13.0 Å². The molecule has 0 amide bonds. The Bertz CT molecular complexity index is 410. The Morgan fingerprint density at radius 1 is 1.32 bits per heavy atom.